The number of aryl methyl sites for hydroxylation is 1. The Morgan fingerprint density at radius 1 is 1.45 bits per heavy atom. The lowest BCUT2D eigenvalue weighted by molar-refractivity contribution is -0.130. The number of cyclic esters (lactones) is 1. The molecule has 104 valence electrons. The summed E-state index contributed by atoms with van der Waals surface area (Å²) in [6, 6.07) is 5.85. The van der Waals surface area contributed by atoms with Gasteiger partial charge < -0.3 is 9.47 Å². The molecule has 1 heterocycles. The number of aliphatic imine (C=N–C) groups is 1. The fourth-order valence-electron chi connectivity index (χ4n) is 2.25. The molecule has 1 saturated carbocycles. The Balaban J connectivity index is 1.89. The van der Waals surface area contributed by atoms with E-state index in [9.17, 15) is 4.79 Å². The first-order valence-electron chi connectivity index (χ1n) is 6.90. The molecule has 0 saturated heterocycles. The van der Waals surface area contributed by atoms with Gasteiger partial charge in [0.05, 0.1) is 7.11 Å². The molecular weight excluding hydrogens is 254 g/mol. The highest BCUT2D eigenvalue weighted by molar-refractivity contribution is 6.08. The number of hydrogen-bond acceptors (Lipinski definition) is 4. The molecule has 0 N–H and O–H groups in total. The summed E-state index contributed by atoms with van der Waals surface area (Å²) in [6.45, 7) is 2.07. The molecule has 20 heavy (non-hydrogen) atoms. The van der Waals surface area contributed by atoms with Crippen molar-refractivity contribution in [2.45, 2.75) is 26.2 Å². The molecule has 0 spiro atoms. The molecule has 4 nitrogen and oxygen atoms in total. The van der Waals surface area contributed by atoms with Crippen LogP contribution in [-0.2, 0) is 16.0 Å². The van der Waals surface area contributed by atoms with Gasteiger partial charge in [-0.2, -0.15) is 0 Å². The van der Waals surface area contributed by atoms with E-state index in [1.807, 2.05) is 18.2 Å². The zero-order chi connectivity index (χ0) is 14.1. The highest BCUT2D eigenvalue weighted by Crippen LogP contribution is 2.34. The molecule has 0 bridgehead atoms. The van der Waals surface area contributed by atoms with Crippen molar-refractivity contribution in [3.63, 3.8) is 0 Å². The van der Waals surface area contributed by atoms with Gasteiger partial charge in [0.15, 0.2) is 5.70 Å². The van der Waals surface area contributed by atoms with E-state index in [1.165, 1.54) is 0 Å². The molecule has 4 heteroatoms. The molecule has 1 aliphatic heterocycles. The Bertz CT molecular complexity index is 612. The van der Waals surface area contributed by atoms with Crippen LogP contribution in [0.15, 0.2) is 28.9 Å². The Hall–Kier alpha value is -2.10. The summed E-state index contributed by atoms with van der Waals surface area (Å²) in [5.74, 6) is 1.46. The van der Waals surface area contributed by atoms with Crippen molar-refractivity contribution < 1.29 is 14.3 Å². The van der Waals surface area contributed by atoms with Crippen LogP contribution in [-0.4, -0.2) is 19.0 Å². The van der Waals surface area contributed by atoms with Gasteiger partial charge in [-0.05, 0) is 48.6 Å². The average Bonchev–Trinajstić information content (AvgIpc) is 3.25. The lowest BCUT2D eigenvalue weighted by atomic mass is 10.1. The molecule has 0 radical (unpaired) electrons. The largest absolute Gasteiger partial charge is 0.496 e. The fourth-order valence-corrected chi connectivity index (χ4v) is 2.25. The lowest BCUT2D eigenvalue weighted by Crippen LogP contribution is -2.05. The Labute approximate surface area is 118 Å². The van der Waals surface area contributed by atoms with E-state index in [-0.39, 0.29) is 5.97 Å². The summed E-state index contributed by atoms with van der Waals surface area (Å²) in [5.41, 5.74) is 2.44. The maximum Gasteiger partial charge on any atom is 0.363 e. The molecule has 2 aliphatic rings. The zero-order valence-electron chi connectivity index (χ0n) is 11.7. The number of ether oxygens (including phenoxy) is 2. The summed E-state index contributed by atoms with van der Waals surface area (Å²) in [6.07, 6.45) is 4.79. The second-order valence-corrected chi connectivity index (χ2v) is 5.07. The van der Waals surface area contributed by atoms with E-state index in [0.717, 1.165) is 36.1 Å². The fraction of sp³-hybridized carbons (Fsp3) is 0.375. The monoisotopic (exact) mass is 271 g/mol. The van der Waals surface area contributed by atoms with Crippen LogP contribution >= 0.6 is 0 Å². The number of esters is 1. The first-order valence-corrected chi connectivity index (χ1v) is 6.90. The van der Waals surface area contributed by atoms with Crippen LogP contribution in [0.25, 0.3) is 6.08 Å². The van der Waals surface area contributed by atoms with Crippen LogP contribution in [0.4, 0.5) is 0 Å². The van der Waals surface area contributed by atoms with Crippen LogP contribution in [0.2, 0.25) is 0 Å². The maximum absolute atomic E-state index is 11.8. The predicted molar refractivity (Wildman–Crippen MR) is 76.6 cm³/mol. The highest BCUT2D eigenvalue weighted by atomic mass is 16.6. The normalized spacial score (nSPS) is 20.0. The third kappa shape index (κ3) is 2.46. The molecule has 0 atom stereocenters. The Kier molecular flexibility index (Phi) is 3.30. The Morgan fingerprint density at radius 2 is 2.25 bits per heavy atom. The topological polar surface area (TPSA) is 47.9 Å². The van der Waals surface area contributed by atoms with Crippen molar-refractivity contribution in [3.05, 3.63) is 35.0 Å². The van der Waals surface area contributed by atoms with Crippen molar-refractivity contribution >= 4 is 17.9 Å². The van der Waals surface area contributed by atoms with Gasteiger partial charge in [0.25, 0.3) is 0 Å². The van der Waals surface area contributed by atoms with Crippen LogP contribution < -0.4 is 4.74 Å². The van der Waals surface area contributed by atoms with Crippen molar-refractivity contribution in [2.75, 3.05) is 7.11 Å². The van der Waals surface area contributed by atoms with Crippen molar-refractivity contribution in [1.82, 2.24) is 0 Å². The van der Waals surface area contributed by atoms with Gasteiger partial charge in [-0.25, -0.2) is 9.79 Å². The Morgan fingerprint density at radius 3 is 2.90 bits per heavy atom. The van der Waals surface area contributed by atoms with E-state index in [4.69, 9.17) is 9.47 Å². The van der Waals surface area contributed by atoms with Gasteiger partial charge in [0.2, 0.25) is 5.90 Å². The first kappa shape index (κ1) is 12.9. The molecule has 1 aliphatic carbocycles. The number of hydrogen-bond donors (Lipinski definition) is 0. The van der Waals surface area contributed by atoms with Gasteiger partial charge in [-0.1, -0.05) is 13.0 Å². The van der Waals surface area contributed by atoms with Crippen LogP contribution in [0.5, 0.6) is 5.75 Å². The van der Waals surface area contributed by atoms with Crippen LogP contribution in [0, 0.1) is 5.92 Å². The number of rotatable bonds is 4. The van der Waals surface area contributed by atoms with Crippen molar-refractivity contribution in [3.8, 4) is 5.75 Å². The minimum Gasteiger partial charge on any atom is -0.496 e. The lowest BCUT2D eigenvalue weighted by Gasteiger charge is -2.07. The molecule has 0 aromatic heterocycles. The molecule has 1 fully saturated rings. The van der Waals surface area contributed by atoms with Gasteiger partial charge in [0, 0.05) is 5.92 Å². The number of methoxy groups -OCH3 is 1. The first-order chi connectivity index (χ1) is 9.71. The smallest absolute Gasteiger partial charge is 0.363 e. The van der Waals surface area contributed by atoms with E-state index in [2.05, 4.69) is 11.9 Å². The van der Waals surface area contributed by atoms with E-state index < -0.39 is 0 Å². The van der Waals surface area contributed by atoms with Crippen LogP contribution in [0.1, 0.15) is 30.9 Å². The molecular formula is C16H17NO3. The average molecular weight is 271 g/mol. The standard InChI is InChI=1S/C16H17NO3/c1-3-11-8-10(4-7-14(11)19-2)9-13-16(18)20-15(17-13)12-5-6-12/h4,7-9,12H,3,5-6H2,1-2H3/b13-9+. The number of carbonyl (C=O) groups is 1. The van der Waals surface area contributed by atoms with Crippen molar-refractivity contribution in [2.24, 2.45) is 10.9 Å². The molecule has 3 rings (SSSR count). The van der Waals surface area contributed by atoms with Gasteiger partial charge in [0.1, 0.15) is 5.75 Å². The second-order valence-electron chi connectivity index (χ2n) is 5.07. The molecule has 0 amide bonds. The van der Waals surface area contributed by atoms with E-state index >= 15 is 0 Å². The quantitative estimate of drug-likeness (QED) is 0.625. The number of benzene rings is 1. The van der Waals surface area contributed by atoms with Crippen molar-refractivity contribution in [1.29, 1.82) is 0 Å². The summed E-state index contributed by atoms with van der Waals surface area (Å²) in [5, 5.41) is 0. The summed E-state index contributed by atoms with van der Waals surface area (Å²) in [7, 11) is 1.66. The van der Waals surface area contributed by atoms with E-state index in [0.29, 0.717) is 17.5 Å². The minimum atomic E-state index is -0.347. The predicted octanol–water partition coefficient (Wildman–Crippen LogP) is 2.96. The zero-order valence-corrected chi connectivity index (χ0v) is 11.7. The summed E-state index contributed by atoms with van der Waals surface area (Å²) < 4.78 is 10.5. The van der Waals surface area contributed by atoms with Crippen LogP contribution in [0.3, 0.4) is 0 Å². The molecule has 1 aromatic carbocycles. The molecule has 0 unspecified atom stereocenters. The highest BCUT2D eigenvalue weighted by Gasteiger charge is 2.35. The third-order valence-electron chi connectivity index (χ3n) is 3.55. The molecule has 1 aromatic rings. The summed E-state index contributed by atoms with van der Waals surface area (Å²) in [4.78, 5) is 16.1. The SMILES string of the molecule is CCc1cc(/C=C2/N=C(C3CC3)OC2=O)ccc1OC. The second kappa shape index (κ2) is 5.12. The maximum atomic E-state index is 11.8. The van der Waals surface area contributed by atoms with Gasteiger partial charge in [-0.3, -0.25) is 0 Å². The van der Waals surface area contributed by atoms with Gasteiger partial charge in [-0.15, -0.1) is 0 Å². The third-order valence-corrected chi connectivity index (χ3v) is 3.55. The van der Waals surface area contributed by atoms with E-state index in [1.54, 1.807) is 13.2 Å². The minimum absolute atomic E-state index is 0.347. The summed E-state index contributed by atoms with van der Waals surface area (Å²) >= 11 is 0. The number of carbonyl (C=O) groups excluding carboxylic acids is 1. The number of nitrogens with zero attached hydrogens (tertiary/aromatic N) is 1. The van der Waals surface area contributed by atoms with Gasteiger partial charge >= 0.3 is 5.97 Å².